The molecule has 5 rings (SSSR count). The SMILES string of the molecule is CC1(C)c2ccccc2N2CC(=O)NC21/C=C/c1ccc(N2CCOCC2)cc1. The first kappa shape index (κ1) is 18.3. The Morgan fingerprint density at radius 1 is 1.03 bits per heavy atom. The number of carbonyl (C=O) groups is 1. The molecule has 0 bridgehead atoms. The Balaban J connectivity index is 1.45. The molecule has 0 radical (unpaired) electrons. The highest BCUT2D eigenvalue weighted by atomic mass is 16.5. The molecular formula is C24H27N3O2. The summed E-state index contributed by atoms with van der Waals surface area (Å²) in [5.41, 5.74) is 3.99. The number of fused-ring (bicyclic) bond motifs is 3. The number of anilines is 2. The van der Waals surface area contributed by atoms with Crippen molar-refractivity contribution in [3.8, 4) is 0 Å². The van der Waals surface area contributed by atoms with E-state index in [4.69, 9.17) is 4.74 Å². The zero-order valence-corrected chi connectivity index (χ0v) is 17.0. The number of rotatable bonds is 3. The van der Waals surface area contributed by atoms with Crippen LogP contribution in [0.3, 0.4) is 0 Å². The summed E-state index contributed by atoms with van der Waals surface area (Å²) in [5, 5.41) is 3.28. The molecule has 0 aliphatic carbocycles. The first-order valence-electron chi connectivity index (χ1n) is 10.3. The number of para-hydroxylation sites is 1. The summed E-state index contributed by atoms with van der Waals surface area (Å²) in [6.07, 6.45) is 4.30. The molecule has 1 atom stereocenters. The first-order chi connectivity index (χ1) is 14.0. The number of ether oxygens (including phenoxy) is 1. The smallest absolute Gasteiger partial charge is 0.241 e. The molecule has 0 saturated carbocycles. The van der Waals surface area contributed by atoms with Gasteiger partial charge in [-0.1, -0.05) is 50.3 Å². The number of nitrogens with zero attached hydrogens (tertiary/aromatic N) is 2. The quantitative estimate of drug-likeness (QED) is 0.876. The lowest BCUT2D eigenvalue weighted by atomic mass is 9.75. The van der Waals surface area contributed by atoms with Crippen molar-refractivity contribution >= 4 is 23.4 Å². The molecular weight excluding hydrogens is 362 g/mol. The fourth-order valence-corrected chi connectivity index (χ4v) is 4.97. The maximum absolute atomic E-state index is 12.4. The Morgan fingerprint density at radius 3 is 2.52 bits per heavy atom. The Hall–Kier alpha value is -2.79. The van der Waals surface area contributed by atoms with E-state index in [0.29, 0.717) is 6.54 Å². The fraction of sp³-hybridized carbons (Fsp3) is 0.375. The summed E-state index contributed by atoms with van der Waals surface area (Å²) >= 11 is 0. The second-order valence-electron chi connectivity index (χ2n) is 8.57. The van der Waals surface area contributed by atoms with Crippen LogP contribution < -0.4 is 15.1 Å². The van der Waals surface area contributed by atoms with Crippen molar-refractivity contribution in [3.05, 3.63) is 65.7 Å². The zero-order chi connectivity index (χ0) is 20.1. The molecule has 1 N–H and O–H groups in total. The standard InChI is InChI=1S/C24H27N3O2/c1-23(2)20-5-3-4-6-21(20)27-17-22(28)25-24(23,27)12-11-18-7-9-19(10-8-18)26-13-15-29-16-14-26/h3-12H,13-17H2,1-2H3,(H,25,28)/b12-11+. The average molecular weight is 389 g/mol. The second kappa shape index (κ2) is 6.63. The Morgan fingerprint density at radius 2 is 1.76 bits per heavy atom. The first-order valence-corrected chi connectivity index (χ1v) is 10.3. The molecule has 3 heterocycles. The van der Waals surface area contributed by atoms with Gasteiger partial charge in [-0.3, -0.25) is 4.79 Å². The summed E-state index contributed by atoms with van der Waals surface area (Å²) in [4.78, 5) is 17.0. The molecule has 0 aromatic heterocycles. The molecule has 150 valence electrons. The third-order valence-corrected chi connectivity index (χ3v) is 6.66. The van der Waals surface area contributed by atoms with Crippen LogP contribution in [0.25, 0.3) is 6.08 Å². The van der Waals surface area contributed by atoms with Gasteiger partial charge in [0, 0.05) is 29.9 Å². The van der Waals surface area contributed by atoms with Crippen LogP contribution in [-0.4, -0.2) is 44.4 Å². The maximum Gasteiger partial charge on any atom is 0.241 e. The van der Waals surface area contributed by atoms with Crippen LogP contribution in [0.2, 0.25) is 0 Å². The van der Waals surface area contributed by atoms with E-state index in [2.05, 4.69) is 83.6 Å². The highest BCUT2D eigenvalue weighted by Gasteiger charge is 2.59. The molecule has 2 aromatic rings. The number of amides is 1. The Kier molecular flexibility index (Phi) is 4.17. The monoisotopic (exact) mass is 389 g/mol. The van der Waals surface area contributed by atoms with Gasteiger partial charge in [-0.25, -0.2) is 0 Å². The fourth-order valence-electron chi connectivity index (χ4n) is 4.97. The topological polar surface area (TPSA) is 44.8 Å². The minimum absolute atomic E-state index is 0.0693. The van der Waals surface area contributed by atoms with Gasteiger partial charge in [0.15, 0.2) is 0 Å². The van der Waals surface area contributed by atoms with Crippen LogP contribution in [0.5, 0.6) is 0 Å². The van der Waals surface area contributed by atoms with Gasteiger partial charge in [0.2, 0.25) is 5.91 Å². The largest absolute Gasteiger partial charge is 0.378 e. The van der Waals surface area contributed by atoms with Gasteiger partial charge in [0.05, 0.1) is 19.8 Å². The average Bonchev–Trinajstić information content (AvgIpc) is 3.18. The molecule has 1 amide bonds. The van der Waals surface area contributed by atoms with E-state index < -0.39 is 5.66 Å². The molecule has 3 aliphatic heterocycles. The van der Waals surface area contributed by atoms with Crippen molar-refractivity contribution in [2.24, 2.45) is 0 Å². The Bertz CT molecular complexity index is 960. The van der Waals surface area contributed by atoms with E-state index in [9.17, 15) is 4.79 Å². The molecule has 5 heteroatoms. The predicted octanol–water partition coefficient (Wildman–Crippen LogP) is 3.16. The molecule has 5 nitrogen and oxygen atoms in total. The van der Waals surface area contributed by atoms with Gasteiger partial charge in [-0.05, 0) is 35.4 Å². The van der Waals surface area contributed by atoms with E-state index in [-0.39, 0.29) is 11.3 Å². The van der Waals surface area contributed by atoms with Crippen LogP contribution >= 0.6 is 0 Å². The van der Waals surface area contributed by atoms with E-state index in [1.165, 1.54) is 11.3 Å². The minimum Gasteiger partial charge on any atom is -0.378 e. The van der Waals surface area contributed by atoms with Gasteiger partial charge < -0.3 is 19.9 Å². The number of hydrogen-bond acceptors (Lipinski definition) is 4. The number of nitrogens with one attached hydrogen (secondary N) is 1. The van der Waals surface area contributed by atoms with Crippen LogP contribution in [0.4, 0.5) is 11.4 Å². The van der Waals surface area contributed by atoms with Gasteiger partial charge in [-0.15, -0.1) is 0 Å². The van der Waals surface area contributed by atoms with Crippen LogP contribution in [0, 0.1) is 0 Å². The highest BCUT2D eigenvalue weighted by Crippen LogP contribution is 2.52. The summed E-state index contributed by atoms with van der Waals surface area (Å²) in [6, 6.07) is 17.0. The van der Waals surface area contributed by atoms with Crippen molar-refractivity contribution in [1.29, 1.82) is 0 Å². The van der Waals surface area contributed by atoms with Gasteiger partial charge in [0.25, 0.3) is 0 Å². The lowest BCUT2D eigenvalue weighted by Crippen LogP contribution is -2.58. The maximum atomic E-state index is 12.4. The summed E-state index contributed by atoms with van der Waals surface area (Å²) < 4.78 is 5.44. The third kappa shape index (κ3) is 2.76. The molecule has 2 saturated heterocycles. The van der Waals surface area contributed by atoms with Crippen molar-refractivity contribution in [2.75, 3.05) is 42.6 Å². The molecule has 0 spiro atoms. The van der Waals surface area contributed by atoms with Crippen LogP contribution in [0.15, 0.2) is 54.6 Å². The highest BCUT2D eigenvalue weighted by molar-refractivity contribution is 5.91. The minimum atomic E-state index is -0.545. The van der Waals surface area contributed by atoms with E-state index in [1.54, 1.807) is 0 Å². The normalized spacial score (nSPS) is 25.2. The van der Waals surface area contributed by atoms with Crippen LogP contribution in [-0.2, 0) is 14.9 Å². The van der Waals surface area contributed by atoms with Crippen LogP contribution in [0.1, 0.15) is 25.0 Å². The second-order valence-corrected chi connectivity index (χ2v) is 8.57. The molecule has 29 heavy (non-hydrogen) atoms. The molecule has 2 fully saturated rings. The third-order valence-electron chi connectivity index (χ3n) is 6.66. The van der Waals surface area contributed by atoms with Crippen molar-refractivity contribution in [2.45, 2.75) is 24.9 Å². The Labute approximate surface area is 172 Å². The van der Waals surface area contributed by atoms with Gasteiger partial charge in [-0.2, -0.15) is 0 Å². The van der Waals surface area contributed by atoms with Gasteiger partial charge >= 0.3 is 0 Å². The van der Waals surface area contributed by atoms with Crippen molar-refractivity contribution in [3.63, 3.8) is 0 Å². The number of benzene rings is 2. The van der Waals surface area contributed by atoms with E-state index in [1.807, 2.05) is 6.07 Å². The van der Waals surface area contributed by atoms with E-state index in [0.717, 1.165) is 37.6 Å². The van der Waals surface area contributed by atoms with Crippen molar-refractivity contribution < 1.29 is 9.53 Å². The zero-order valence-electron chi connectivity index (χ0n) is 17.0. The number of hydrogen-bond donors (Lipinski definition) is 1. The predicted molar refractivity (Wildman–Crippen MR) is 116 cm³/mol. The number of morpholine rings is 1. The lowest BCUT2D eigenvalue weighted by Gasteiger charge is -2.40. The number of carbonyl (C=O) groups excluding carboxylic acids is 1. The van der Waals surface area contributed by atoms with Crippen molar-refractivity contribution in [1.82, 2.24) is 5.32 Å². The summed E-state index contributed by atoms with van der Waals surface area (Å²) in [7, 11) is 0. The lowest BCUT2D eigenvalue weighted by molar-refractivity contribution is -0.118. The van der Waals surface area contributed by atoms with Gasteiger partial charge in [0.1, 0.15) is 5.66 Å². The van der Waals surface area contributed by atoms with E-state index >= 15 is 0 Å². The molecule has 1 unspecified atom stereocenters. The summed E-state index contributed by atoms with van der Waals surface area (Å²) in [6.45, 7) is 8.26. The molecule has 2 aromatic carbocycles. The summed E-state index contributed by atoms with van der Waals surface area (Å²) in [5.74, 6) is 0.0693. The molecule has 3 aliphatic rings.